The zero-order chi connectivity index (χ0) is 12.3. The van der Waals surface area contributed by atoms with Crippen LogP contribution in [-0.2, 0) is 0 Å². The van der Waals surface area contributed by atoms with Gasteiger partial charge in [-0.05, 0) is 42.8 Å². The highest BCUT2D eigenvalue weighted by Gasteiger charge is 2.03. The molecule has 2 rings (SSSR count). The van der Waals surface area contributed by atoms with Crippen molar-refractivity contribution in [3.05, 3.63) is 63.6 Å². The van der Waals surface area contributed by atoms with Crippen molar-refractivity contribution in [1.82, 2.24) is 0 Å². The van der Waals surface area contributed by atoms with Crippen LogP contribution < -0.4 is 0 Å². The lowest BCUT2D eigenvalue weighted by atomic mass is 10.2. The highest BCUT2D eigenvalue weighted by atomic mass is 32.1. The molecule has 3 heteroatoms. The van der Waals surface area contributed by atoms with Crippen molar-refractivity contribution in [2.24, 2.45) is 0 Å². The monoisotopic (exact) mass is 246 g/mol. The lowest BCUT2D eigenvalue weighted by molar-refractivity contribution is 0.105. The molecule has 0 bridgehead atoms. The molecule has 0 unspecified atom stereocenters. The molecule has 0 fully saturated rings. The zero-order valence-electron chi connectivity index (χ0n) is 9.31. The number of thiophene rings is 1. The normalized spacial score (nSPS) is 10.9. The second-order valence-corrected chi connectivity index (χ2v) is 4.95. The Balaban J connectivity index is 2.10. The van der Waals surface area contributed by atoms with E-state index in [4.69, 9.17) is 0 Å². The van der Waals surface area contributed by atoms with Gasteiger partial charge >= 0.3 is 0 Å². The summed E-state index contributed by atoms with van der Waals surface area (Å²) in [6, 6.07) is 9.76. The van der Waals surface area contributed by atoms with Crippen molar-refractivity contribution in [2.75, 3.05) is 0 Å². The SMILES string of the molecule is Cc1ccc(C(=O)C=Cc2ccc(F)cc2)s1. The quantitative estimate of drug-likeness (QED) is 0.589. The summed E-state index contributed by atoms with van der Waals surface area (Å²) in [6.45, 7) is 1.96. The molecule has 1 heterocycles. The molecule has 1 aromatic carbocycles. The molecule has 0 amide bonds. The molecule has 0 saturated heterocycles. The minimum absolute atomic E-state index is 0.0209. The maximum Gasteiger partial charge on any atom is 0.195 e. The summed E-state index contributed by atoms with van der Waals surface area (Å²) < 4.78 is 12.7. The number of hydrogen-bond acceptors (Lipinski definition) is 2. The molecule has 1 nitrogen and oxygen atoms in total. The fourth-order valence-electron chi connectivity index (χ4n) is 1.39. The summed E-state index contributed by atoms with van der Waals surface area (Å²) >= 11 is 1.47. The third kappa shape index (κ3) is 3.11. The largest absolute Gasteiger partial charge is 0.288 e. The first kappa shape index (κ1) is 11.7. The number of halogens is 1. The Labute approximate surface area is 103 Å². The van der Waals surface area contributed by atoms with Crippen LogP contribution in [0.5, 0.6) is 0 Å². The van der Waals surface area contributed by atoms with Crippen LogP contribution >= 0.6 is 11.3 Å². The number of allylic oxidation sites excluding steroid dienone is 1. The Hall–Kier alpha value is -1.74. The number of hydrogen-bond donors (Lipinski definition) is 0. The first-order valence-corrected chi connectivity index (χ1v) is 6.01. The van der Waals surface area contributed by atoms with Gasteiger partial charge in [0.05, 0.1) is 4.88 Å². The molecule has 0 aliphatic heterocycles. The van der Waals surface area contributed by atoms with Gasteiger partial charge in [0, 0.05) is 4.88 Å². The molecule has 17 heavy (non-hydrogen) atoms. The molecule has 0 saturated carbocycles. The zero-order valence-corrected chi connectivity index (χ0v) is 10.1. The Bertz CT molecular complexity index is 552. The minimum Gasteiger partial charge on any atom is -0.288 e. The van der Waals surface area contributed by atoms with Gasteiger partial charge in [0.15, 0.2) is 5.78 Å². The predicted octanol–water partition coefficient (Wildman–Crippen LogP) is 4.09. The van der Waals surface area contributed by atoms with Crippen LogP contribution in [0.1, 0.15) is 20.1 Å². The fraction of sp³-hybridized carbons (Fsp3) is 0.0714. The van der Waals surface area contributed by atoms with E-state index in [1.54, 1.807) is 18.2 Å². The van der Waals surface area contributed by atoms with Gasteiger partial charge < -0.3 is 0 Å². The fourth-order valence-corrected chi connectivity index (χ4v) is 2.18. The average molecular weight is 246 g/mol. The molecule has 86 valence electrons. The van der Waals surface area contributed by atoms with Crippen LogP contribution in [0.25, 0.3) is 6.08 Å². The Kier molecular flexibility index (Phi) is 3.49. The van der Waals surface area contributed by atoms with Crippen LogP contribution in [0.15, 0.2) is 42.5 Å². The Morgan fingerprint density at radius 3 is 2.47 bits per heavy atom. The van der Waals surface area contributed by atoms with E-state index in [1.165, 1.54) is 29.5 Å². The van der Waals surface area contributed by atoms with E-state index in [9.17, 15) is 9.18 Å². The maximum absolute atomic E-state index is 12.7. The van der Waals surface area contributed by atoms with E-state index >= 15 is 0 Å². The number of rotatable bonds is 3. The van der Waals surface area contributed by atoms with Gasteiger partial charge in [-0.2, -0.15) is 0 Å². The average Bonchev–Trinajstić information content (AvgIpc) is 2.75. The highest BCUT2D eigenvalue weighted by Crippen LogP contribution is 2.16. The van der Waals surface area contributed by atoms with Crippen molar-refractivity contribution >= 4 is 23.2 Å². The standard InChI is InChI=1S/C14H11FOS/c1-10-2-9-14(17-10)13(16)8-5-11-3-6-12(15)7-4-11/h2-9H,1H3. The molecular weight excluding hydrogens is 235 g/mol. The third-order valence-electron chi connectivity index (χ3n) is 2.28. The predicted molar refractivity (Wildman–Crippen MR) is 68.8 cm³/mol. The molecule has 0 aliphatic carbocycles. The van der Waals surface area contributed by atoms with Crippen LogP contribution in [0, 0.1) is 12.7 Å². The molecule has 1 aromatic heterocycles. The van der Waals surface area contributed by atoms with E-state index in [0.717, 1.165) is 15.3 Å². The van der Waals surface area contributed by atoms with Gasteiger partial charge in [-0.1, -0.05) is 18.2 Å². The number of ketones is 1. The second-order valence-electron chi connectivity index (χ2n) is 3.66. The van der Waals surface area contributed by atoms with E-state index in [2.05, 4.69) is 0 Å². The van der Waals surface area contributed by atoms with Crippen LogP contribution in [-0.4, -0.2) is 5.78 Å². The van der Waals surface area contributed by atoms with Crippen molar-refractivity contribution in [3.63, 3.8) is 0 Å². The molecule has 0 N–H and O–H groups in total. The van der Waals surface area contributed by atoms with Gasteiger partial charge in [-0.25, -0.2) is 4.39 Å². The van der Waals surface area contributed by atoms with Crippen LogP contribution in [0.3, 0.4) is 0 Å². The van der Waals surface area contributed by atoms with Crippen molar-refractivity contribution in [2.45, 2.75) is 6.92 Å². The highest BCUT2D eigenvalue weighted by molar-refractivity contribution is 7.14. The van der Waals surface area contributed by atoms with E-state index in [0.29, 0.717) is 0 Å². The molecular formula is C14H11FOS. The number of carbonyl (C=O) groups is 1. The first-order chi connectivity index (χ1) is 8.15. The van der Waals surface area contributed by atoms with Gasteiger partial charge in [0.25, 0.3) is 0 Å². The topological polar surface area (TPSA) is 17.1 Å². The van der Waals surface area contributed by atoms with E-state index < -0.39 is 0 Å². The molecule has 2 aromatic rings. The van der Waals surface area contributed by atoms with Crippen molar-refractivity contribution < 1.29 is 9.18 Å². The molecule has 0 spiro atoms. The maximum atomic E-state index is 12.7. The van der Waals surface area contributed by atoms with Crippen molar-refractivity contribution in [3.8, 4) is 0 Å². The molecule has 0 radical (unpaired) electrons. The summed E-state index contributed by atoms with van der Waals surface area (Å²) in [6.07, 6.45) is 3.20. The van der Waals surface area contributed by atoms with Gasteiger partial charge in [-0.3, -0.25) is 4.79 Å². The Morgan fingerprint density at radius 1 is 1.18 bits per heavy atom. The van der Waals surface area contributed by atoms with Gasteiger partial charge in [0.1, 0.15) is 5.82 Å². The number of benzene rings is 1. The van der Waals surface area contributed by atoms with Crippen LogP contribution in [0.2, 0.25) is 0 Å². The minimum atomic E-state index is -0.276. The lowest BCUT2D eigenvalue weighted by Crippen LogP contribution is -1.88. The lowest BCUT2D eigenvalue weighted by Gasteiger charge is -1.92. The first-order valence-electron chi connectivity index (χ1n) is 5.19. The van der Waals surface area contributed by atoms with Gasteiger partial charge in [-0.15, -0.1) is 11.3 Å². The van der Waals surface area contributed by atoms with Crippen molar-refractivity contribution in [1.29, 1.82) is 0 Å². The third-order valence-corrected chi connectivity index (χ3v) is 3.30. The smallest absolute Gasteiger partial charge is 0.195 e. The van der Waals surface area contributed by atoms with Gasteiger partial charge in [0.2, 0.25) is 0 Å². The number of carbonyl (C=O) groups excluding carboxylic acids is 1. The summed E-state index contributed by atoms with van der Waals surface area (Å²) in [4.78, 5) is 13.6. The summed E-state index contributed by atoms with van der Waals surface area (Å²) in [5.41, 5.74) is 0.813. The summed E-state index contributed by atoms with van der Waals surface area (Å²) in [5, 5.41) is 0. The number of aryl methyl sites for hydroxylation is 1. The second kappa shape index (κ2) is 5.06. The molecule has 0 atom stereocenters. The van der Waals surface area contributed by atoms with E-state index in [-0.39, 0.29) is 11.6 Å². The van der Waals surface area contributed by atoms with E-state index in [1.807, 2.05) is 19.1 Å². The Morgan fingerprint density at radius 2 is 1.88 bits per heavy atom. The van der Waals surface area contributed by atoms with Crippen LogP contribution in [0.4, 0.5) is 4.39 Å². The summed E-state index contributed by atoms with van der Waals surface area (Å²) in [7, 11) is 0. The summed E-state index contributed by atoms with van der Waals surface area (Å²) in [5.74, 6) is -0.296. The molecule has 0 aliphatic rings.